The molecule has 0 aliphatic heterocycles. The molecule has 0 atom stereocenters. The van der Waals surface area contributed by atoms with Gasteiger partial charge in [-0.25, -0.2) is 18.2 Å². The van der Waals surface area contributed by atoms with Crippen molar-refractivity contribution in [2.45, 2.75) is 13.3 Å². The average Bonchev–Trinajstić information content (AvgIpc) is 3.07. The first-order valence-electron chi connectivity index (χ1n) is 6.37. The van der Waals surface area contributed by atoms with E-state index in [2.05, 4.69) is 71.4 Å². The first kappa shape index (κ1) is 17.0. The maximum absolute atomic E-state index is 3.28. The van der Waals surface area contributed by atoms with Crippen LogP contribution in [0.5, 0.6) is 0 Å². The molecule has 3 aromatic rings. The van der Waals surface area contributed by atoms with Gasteiger partial charge in [-0.15, -0.1) is 4.47 Å². The standard InChI is InChI=1S/C13H13.C5H4Br.Fe/c1-11-6-8-13(9-7-11)10-12-4-2-3-5-12;6-5-3-1-2-4-5;/h2-9H,10H2,1H3;1-4H;/q2*-1;+2. The first-order chi connectivity index (χ1) is 9.24. The Morgan fingerprint density at radius 2 is 1.55 bits per heavy atom. The molecule has 0 radical (unpaired) electrons. The molecular weight excluding hydrogens is 352 g/mol. The maximum Gasteiger partial charge on any atom is 2.00 e. The predicted molar refractivity (Wildman–Crippen MR) is 85.8 cm³/mol. The van der Waals surface area contributed by atoms with Crippen LogP contribution < -0.4 is 0 Å². The fraction of sp³-hybridized carbons (Fsp3) is 0.111. The van der Waals surface area contributed by atoms with Gasteiger partial charge in [-0.2, -0.15) is 35.9 Å². The molecule has 0 aromatic heterocycles. The third kappa shape index (κ3) is 5.92. The molecule has 0 heterocycles. The third-order valence-corrected chi connectivity index (χ3v) is 3.41. The fourth-order valence-electron chi connectivity index (χ4n) is 1.82. The first-order valence-corrected chi connectivity index (χ1v) is 7.17. The summed E-state index contributed by atoms with van der Waals surface area (Å²) in [7, 11) is 0. The van der Waals surface area contributed by atoms with Gasteiger partial charge in [-0.3, -0.25) is 0 Å². The number of aryl methyl sites for hydroxylation is 1. The molecular formula is C18H17BrFe. The zero-order valence-corrected chi connectivity index (χ0v) is 14.1. The summed E-state index contributed by atoms with van der Waals surface area (Å²) >= 11 is 3.28. The average molecular weight is 369 g/mol. The Hall–Kier alpha value is -1.08. The number of benzene rings is 1. The van der Waals surface area contributed by atoms with Gasteiger partial charge in [0, 0.05) is 0 Å². The van der Waals surface area contributed by atoms with Crippen LogP contribution in [0.25, 0.3) is 0 Å². The molecule has 3 rings (SSSR count). The van der Waals surface area contributed by atoms with Crippen LogP contribution in [-0.2, 0) is 23.5 Å². The molecule has 0 unspecified atom stereocenters. The molecule has 3 aromatic carbocycles. The van der Waals surface area contributed by atoms with Gasteiger partial charge in [0.05, 0.1) is 0 Å². The van der Waals surface area contributed by atoms with Crippen molar-refractivity contribution in [3.05, 3.63) is 94.0 Å². The number of rotatable bonds is 2. The van der Waals surface area contributed by atoms with Crippen LogP contribution >= 0.6 is 15.9 Å². The molecule has 0 bridgehead atoms. The van der Waals surface area contributed by atoms with E-state index in [0.717, 1.165) is 10.9 Å². The van der Waals surface area contributed by atoms with Gasteiger partial charge >= 0.3 is 17.1 Å². The Morgan fingerprint density at radius 1 is 0.900 bits per heavy atom. The van der Waals surface area contributed by atoms with Crippen molar-refractivity contribution in [3.8, 4) is 0 Å². The molecule has 0 N–H and O–H groups in total. The van der Waals surface area contributed by atoms with Crippen LogP contribution in [0.3, 0.4) is 0 Å². The zero-order chi connectivity index (χ0) is 13.5. The predicted octanol–water partition coefficient (Wildman–Crippen LogP) is 5.47. The van der Waals surface area contributed by atoms with Crippen LogP contribution in [0.1, 0.15) is 16.7 Å². The Morgan fingerprint density at radius 3 is 2.00 bits per heavy atom. The van der Waals surface area contributed by atoms with E-state index >= 15 is 0 Å². The minimum atomic E-state index is 0. The second-order valence-corrected chi connectivity index (χ2v) is 5.47. The largest absolute Gasteiger partial charge is 2.00 e. The number of halogens is 1. The second kappa shape index (κ2) is 8.97. The topological polar surface area (TPSA) is 0 Å². The molecule has 0 saturated carbocycles. The molecule has 0 aliphatic carbocycles. The van der Waals surface area contributed by atoms with E-state index in [1.54, 1.807) is 0 Å². The van der Waals surface area contributed by atoms with Gasteiger partial charge in [0.1, 0.15) is 0 Å². The monoisotopic (exact) mass is 368 g/mol. The van der Waals surface area contributed by atoms with Crippen molar-refractivity contribution >= 4 is 15.9 Å². The summed E-state index contributed by atoms with van der Waals surface area (Å²) in [5, 5.41) is 0. The maximum atomic E-state index is 3.28. The Bertz CT molecular complexity index is 562. The smallest absolute Gasteiger partial charge is 0.213 e. The van der Waals surface area contributed by atoms with Gasteiger partial charge in [0.15, 0.2) is 0 Å². The summed E-state index contributed by atoms with van der Waals surface area (Å²) in [4.78, 5) is 0. The van der Waals surface area contributed by atoms with Crippen LogP contribution in [0, 0.1) is 6.92 Å². The van der Waals surface area contributed by atoms with E-state index in [9.17, 15) is 0 Å². The van der Waals surface area contributed by atoms with Crippen molar-refractivity contribution in [2.75, 3.05) is 0 Å². The zero-order valence-electron chi connectivity index (χ0n) is 11.4. The van der Waals surface area contributed by atoms with E-state index < -0.39 is 0 Å². The Kier molecular flexibility index (Phi) is 7.61. The molecule has 0 amide bonds. The SMILES string of the molecule is Brc1ccc[cH-]1.Cc1ccc(Cc2ccc[cH-]2)cc1.[Fe+2]. The number of hydrogen-bond donors (Lipinski definition) is 0. The minimum absolute atomic E-state index is 0. The molecule has 20 heavy (non-hydrogen) atoms. The quantitative estimate of drug-likeness (QED) is 0.415. The molecule has 104 valence electrons. The summed E-state index contributed by atoms with van der Waals surface area (Å²) in [5.41, 5.74) is 4.10. The van der Waals surface area contributed by atoms with E-state index in [-0.39, 0.29) is 17.1 Å². The molecule has 2 heteroatoms. The Balaban J connectivity index is 0.000000243. The van der Waals surface area contributed by atoms with Crippen molar-refractivity contribution in [1.82, 2.24) is 0 Å². The van der Waals surface area contributed by atoms with E-state index in [1.165, 1.54) is 16.7 Å². The molecule has 0 saturated heterocycles. The van der Waals surface area contributed by atoms with Crippen molar-refractivity contribution < 1.29 is 17.1 Å². The van der Waals surface area contributed by atoms with Crippen LogP contribution in [0.15, 0.2) is 77.3 Å². The summed E-state index contributed by atoms with van der Waals surface area (Å²) in [6, 6.07) is 25.2. The Labute approximate surface area is 140 Å². The van der Waals surface area contributed by atoms with Crippen LogP contribution in [-0.4, -0.2) is 0 Å². The second-order valence-electron chi connectivity index (χ2n) is 4.56. The summed E-state index contributed by atoms with van der Waals surface area (Å²) in [5.74, 6) is 0. The van der Waals surface area contributed by atoms with Gasteiger partial charge in [-0.05, 0) is 18.9 Å². The summed E-state index contributed by atoms with van der Waals surface area (Å²) < 4.78 is 1.16. The molecule has 0 aliphatic rings. The fourth-order valence-corrected chi connectivity index (χ4v) is 2.13. The van der Waals surface area contributed by atoms with Crippen LogP contribution in [0.4, 0.5) is 0 Å². The molecule has 0 fully saturated rings. The molecule has 0 nitrogen and oxygen atoms in total. The minimum Gasteiger partial charge on any atom is -0.213 e. The van der Waals surface area contributed by atoms with Gasteiger partial charge < -0.3 is 0 Å². The summed E-state index contributed by atoms with van der Waals surface area (Å²) in [6.07, 6.45) is 1.05. The summed E-state index contributed by atoms with van der Waals surface area (Å²) in [6.45, 7) is 2.12. The third-order valence-electron chi connectivity index (χ3n) is 2.88. The van der Waals surface area contributed by atoms with Crippen LogP contribution in [0.2, 0.25) is 0 Å². The number of hydrogen-bond acceptors (Lipinski definition) is 0. The van der Waals surface area contributed by atoms with Gasteiger partial charge in [0.25, 0.3) is 0 Å². The van der Waals surface area contributed by atoms with E-state index in [0.29, 0.717) is 0 Å². The van der Waals surface area contributed by atoms with Crippen molar-refractivity contribution in [3.63, 3.8) is 0 Å². The van der Waals surface area contributed by atoms with Gasteiger partial charge in [-0.1, -0.05) is 45.8 Å². The van der Waals surface area contributed by atoms with Crippen molar-refractivity contribution in [1.29, 1.82) is 0 Å². The van der Waals surface area contributed by atoms with Gasteiger partial charge in [0.2, 0.25) is 0 Å². The van der Waals surface area contributed by atoms with Crippen molar-refractivity contribution in [2.24, 2.45) is 0 Å². The van der Waals surface area contributed by atoms with E-state index in [4.69, 9.17) is 0 Å². The normalized spacial score (nSPS) is 9.30. The molecule has 0 spiro atoms. The van der Waals surface area contributed by atoms with E-state index in [1.807, 2.05) is 24.3 Å².